The van der Waals surface area contributed by atoms with Gasteiger partial charge in [-0.2, -0.15) is 0 Å². The lowest BCUT2D eigenvalue weighted by molar-refractivity contribution is -0.146. The monoisotopic (exact) mass is 338 g/mol. The smallest absolute Gasteiger partial charge is 0.344 e. The quantitative estimate of drug-likeness (QED) is 0.598. The highest BCUT2D eigenvalue weighted by molar-refractivity contribution is 9.10. The van der Waals surface area contributed by atoms with Gasteiger partial charge >= 0.3 is 5.97 Å². The van der Waals surface area contributed by atoms with Gasteiger partial charge in [0.25, 0.3) is 0 Å². The van der Waals surface area contributed by atoms with Crippen LogP contribution in [0.2, 0.25) is 0 Å². The number of nitrogens with zero attached hydrogens (tertiary/aromatic N) is 2. The Kier molecular flexibility index (Phi) is 5.29. The van der Waals surface area contributed by atoms with Crippen molar-refractivity contribution in [3.05, 3.63) is 29.0 Å². The number of aromatic nitrogens is 2. The Labute approximate surface area is 125 Å². The maximum atomic E-state index is 11.5. The summed E-state index contributed by atoms with van der Waals surface area (Å²) in [4.78, 5) is 19.7. The summed E-state index contributed by atoms with van der Waals surface area (Å²) >= 11 is 3.39. The van der Waals surface area contributed by atoms with Crippen LogP contribution in [0, 0.1) is 0 Å². The zero-order chi connectivity index (χ0) is 14.4. The molecule has 0 aliphatic heterocycles. The van der Waals surface area contributed by atoms with E-state index in [1.54, 1.807) is 0 Å². The van der Waals surface area contributed by atoms with Gasteiger partial charge in [-0.25, -0.2) is 14.8 Å². The topological polar surface area (TPSA) is 61.3 Å². The van der Waals surface area contributed by atoms with Crippen LogP contribution in [0.4, 0.5) is 0 Å². The molecule has 106 valence electrons. The average molecular weight is 339 g/mol. The molecule has 0 saturated carbocycles. The third kappa shape index (κ3) is 3.90. The second-order valence-electron chi connectivity index (χ2n) is 4.20. The van der Waals surface area contributed by atoms with Gasteiger partial charge in [0, 0.05) is 4.47 Å². The number of hydrogen-bond acceptors (Lipinski definition) is 5. The molecule has 2 aromatic rings. The maximum absolute atomic E-state index is 11.5. The molecule has 0 N–H and O–H groups in total. The number of ether oxygens (including phenoxy) is 2. The number of unbranched alkanes of at least 4 members (excludes halogenated alkanes) is 1. The van der Waals surface area contributed by atoms with Crippen LogP contribution in [0.5, 0.6) is 5.88 Å². The SMILES string of the molecule is CCCCOC(=O)COc1ncnc2ccc(Br)cc12. The molecule has 0 saturated heterocycles. The minimum atomic E-state index is -0.389. The molecule has 1 aromatic carbocycles. The van der Waals surface area contributed by atoms with Gasteiger partial charge in [0.1, 0.15) is 6.33 Å². The van der Waals surface area contributed by atoms with Crippen molar-refractivity contribution >= 4 is 32.8 Å². The van der Waals surface area contributed by atoms with Crippen LogP contribution in [0.15, 0.2) is 29.0 Å². The summed E-state index contributed by atoms with van der Waals surface area (Å²) in [6.45, 7) is 2.31. The number of esters is 1. The van der Waals surface area contributed by atoms with E-state index in [-0.39, 0.29) is 12.6 Å². The van der Waals surface area contributed by atoms with Crippen LogP contribution < -0.4 is 4.74 Å². The Morgan fingerprint density at radius 3 is 3.00 bits per heavy atom. The highest BCUT2D eigenvalue weighted by Gasteiger charge is 2.09. The standard InChI is InChI=1S/C14H15BrN2O3/c1-2-3-6-19-13(18)8-20-14-11-7-10(15)4-5-12(11)16-9-17-14/h4-5,7,9H,2-3,6,8H2,1H3. The van der Waals surface area contributed by atoms with Crippen molar-refractivity contribution in [1.29, 1.82) is 0 Å². The van der Waals surface area contributed by atoms with Crippen LogP contribution in [-0.2, 0) is 9.53 Å². The number of carbonyl (C=O) groups excluding carboxylic acids is 1. The van der Waals surface area contributed by atoms with Crippen molar-refractivity contribution in [2.75, 3.05) is 13.2 Å². The van der Waals surface area contributed by atoms with E-state index in [1.807, 2.05) is 25.1 Å². The summed E-state index contributed by atoms with van der Waals surface area (Å²) in [6.07, 6.45) is 3.25. The van der Waals surface area contributed by atoms with E-state index in [0.717, 1.165) is 28.2 Å². The van der Waals surface area contributed by atoms with E-state index in [4.69, 9.17) is 9.47 Å². The van der Waals surface area contributed by atoms with Gasteiger partial charge in [0.15, 0.2) is 6.61 Å². The predicted octanol–water partition coefficient (Wildman–Crippen LogP) is 3.11. The first-order valence-corrected chi connectivity index (χ1v) is 7.18. The van der Waals surface area contributed by atoms with Gasteiger partial charge in [0.2, 0.25) is 5.88 Å². The summed E-state index contributed by atoms with van der Waals surface area (Å²) in [7, 11) is 0. The molecule has 0 aliphatic rings. The zero-order valence-electron chi connectivity index (χ0n) is 11.1. The number of carbonyl (C=O) groups is 1. The molecule has 2 rings (SSSR count). The Morgan fingerprint density at radius 1 is 1.35 bits per heavy atom. The first-order valence-electron chi connectivity index (χ1n) is 6.39. The molecule has 0 aliphatic carbocycles. The normalized spacial score (nSPS) is 10.5. The fourth-order valence-electron chi connectivity index (χ4n) is 1.62. The van der Waals surface area contributed by atoms with E-state index in [1.165, 1.54) is 6.33 Å². The van der Waals surface area contributed by atoms with Gasteiger partial charge < -0.3 is 9.47 Å². The van der Waals surface area contributed by atoms with Crippen molar-refractivity contribution in [1.82, 2.24) is 9.97 Å². The van der Waals surface area contributed by atoms with Crippen LogP contribution in [0.1, 0.15) is 19.8 Å². The molecule has 0 amide bonds. The van der Waals surface area contributed by atoms with Gasteiger partial charge in [-0.1, -0.05) is 29.3 Å². The molecule has 5 nitrogen and oxygen atoms in total. The maximum Gasteiger partial charge on any atom is 0.344 e. The highest BCUT2D eigenvalue weighted by Crippen LogP contribution is 2.24. The minimum Gasteiger partial charge on any atom is -0.465 e. The minimum absolute atomic E-state index is 0.150. The third-order valence-corrected chi connectivity index (χ3v) is 3.14. The lowest BCUT2D eigenvalue weighted by atomic mass is 10.2. The van der Waals surface area contributed by atoms with Crippen molar-refractivity contribution in [2.24, 2.45) is 0 Å². The molecule has 0 atom stereocenters. The van der Waals surface area contributed by atoms with Crippen LogP contribution >= 0.6 is 15.9 Å². The van der Waals surface area contributed by atoms with Crippen molar-refractivity contribution < 1.29 is 14.3 Å². The van der Waals surface area contributed by atoms with E-state index in [9.17, 15) is 4.79 Å². The van der Waals surface area contributed by atoms with Crippen LogP contribution in [-0.4, -0.2) is 29.2 Å². The molecule has 1 aromatic heterocycles. The molecule has 1 heterocycles. The largest absolute Gasteiger partial charge is 0.465 e. The number of halogens is 1. The lowest BCUT2D eigenvalue weighted by Crippen LogP contribution is -2.16. The van der Waals surface area contributed by atoms with E-state index < -0.39 is 0 Å². The van der Waals surface area contributed by atoms with E-state index in [0.29, 0.717) is 12.5 Å². The van der Waals surface area contributed by atoms with Crippen LogP contribution in [0.25, 0.3) is 10.9 Å². The Balaban J connectivity index is 2.02. The first-order chi connectivity index (χ1) is 9.70. The van der Waals surface area contributed by atoms with Gasteiger partial charge in [-0.15, -0.1) is 0 Å². The Hall–Kier alpha value is -1.69. The predicted molar refractivity (Wildman–Crippen MR) is 78.6 cm³/mol. The Morgan fingerprint density at radius 2 is 2.20 bits per heavy atom. The number of rotatable bonds is 6. The fourth-order valence-corrected chi connectivity index (χ4v) is 1.98. The molecule has 6 heteroatoms. The van der Waals surface area contributed by atoms with Gasteiger partial charge in [-0.05, 0) is 24.6 Å². The molecule has 20 heavy (non-hydrogen) atoms. The lowest BCUT2D eigenvalue weighted by Gasteiger charge is -2.08. The molecular weight excluding hydrogens is 324 g/mol. The second kappa shape index (κ2) is 7.19. The fraction of sp³-hybridized carbons (Fsp3) is 0.357. The summed E-state index contributed by atoms with van der Waals surface area (Å²) in [5, 5.41) is 0.753. The Bertz CT molecular complexity index is 604. The number of benzene rings is 1. The summed E-state index contributed by atoms with van der Waals surface area (Å²) in [5.41, 5.74) is 0.762. The molecule has 0 bridgehead atoms. The summed E-state index contributed by atoms with van der Waals surface area (Å²) in [5.74, 6) is -0.0102. The third-order valence-electron chi connectivity index (χ3n) is 2.65. The van der Waals surface area contributed by atoms with Gasteiger partial charge in [-0.3, -0.25) is 0 Å². The number of hydrogen-bond donors (Lipinski definition) is 0. The molecule has 0 spiro atoms. The van der Waals surface area contributed by atoms with Crippen molar-refractivity contribution in [3.8, 4) is 5.88 Å². The molecule has 0 fully saturated rings. The van der Waals surface area contributed by atoms with Gasteiger partial charge in [0.05, 0.1) is 17.5 Å². The van der Waals surface area contributed by atoms with E-state index >= 15 is 0 Å². The van der Waals surface area contributed by atoms with E-state index in [2.05, 4.69) is 25.9 Å². The zero-order valence-corrected chi connectivity index (χ0v) is 12.7. The second-order valence-corrected chi connectivity index (χ2v) is 5.12. The summed E-state index contributed by atoms with van der Waals surface area (Å²) < 4.78 is 11.3. The molecular formula is C14H15BrN2O3. The highest BCUT2D eigenvalue weighted by atomic mass is 79.9. The number of fused-ring (bicyclic) bond motifs is 1. The molecule has 0 radical (unpaired) electrons. The van der Waals surface area contributed by atoms with Crippen LogP contribution in [0.3, 0.4) is 0 Å². The summed E-state index contributed by atoms with van der Waals surface area (Å²) in [6, 6.07) is 5.60. The first kappa shape index (κ1) is 14.7. The van der Waals surface area contributed by atoms with Crippen molar-refractivity contribution in [3.63, 3.8) is 0 Å². The van der Waals surface area contributed by atoms with Crippen molar-refractivity contribution in [2.45, 2.75) is 19.8 Å². The molecule has 0 unspecified atom stereocenters. The average Bonchev–Trinajstić information content (AvgIpc) is 2.45.